The first-order valence-electron chi connectivity index (χ1n) is 14.5. The molecule has 1 unspecified atom stereocenters. The highest BCUT2D eigenvalue weighted by molar-refractivity contribution is 6.15. The van der Waals surface area contributed by atoms with Gasteiger partial charge in [0.05, 0.1) is 36.4 Å². The number of carbonyl (C=O) groups is 2. The maximum Gasteiger partial charge on any atom is 0.573 e. The van der Waals surface area contributed by atoms with Gasteiger partial charge in [-0.3, -0.25) is 14.5 Å². The summed E-state index contributed by atoms with van der Waals surface area (Å²) in [4.78, 5) is 30.0. The molecule has 0 radical (unpaired) electrons. The maximum atomic E-state index is 14.2. The second-order valence-electron chi connectivity index (χ2n) is 11.5. The summed E-state index contributed by atoms with van der Waals surface area (Å²) in [5.41, 5.74) is 5.81. The highest BCUT2D eigenvalue weighted by atomic mass is 19.4. The molecule has 1 aromatic carbocycles. The minimum absolute atomic E-state index is 0.00136. The van der Waals surface area contributed by atoms with Gasteiger partial charge in [0.2, 0.25) is 0 Å². The first-order valence-corrected chi connectivity index (χ1v) is 14.5. The zero-order chi connectivity index (χ0) is 31.2. The number of nitrogens with zero attached hydrogens (tertiary/aromatic N) is 2. The van der Waals surface area contributed by atoms with Gasteiger partial charge >= 0.3 is 6.36 Å². The Balaban J connectivity index is 1.63. The van der Waals surface area contributed by atoms with E-state index >= 15 is 0 Å². The van der Waals surface area contributed by atoms with Crippen molar-refractivity contribution in [2.45, 2.75) is 64.8 Å². The molecule has 0 spiro atoms. The van der Waals surface area contributed by atoms with Gasteiger partial charge in [0.25, 0.3) is 5.88 Å². The van der Waals surface area contributed by atoms with E-state index in [2.05, 4.69) is 9.89 Å². The predicted molar refractivity (Wildman–Crippen MR) is 148 cm³/mol. The van der Waals surface area contributed by atoms with Crippen LogP contribution in [0.2, 0.25) is 0 Å². The van der Waals surface area contributed by atoms with Crippen LogP contribution in [-0.4, -0.2) is 60.4 Å². The van der Waals surface area contributed by atoms with Crippen LogP contribution in [0.1, 0.15) is 84.0 Å². The molecule has 0 saturated carbocycles. The molecule has 0 bridgehead atoms. The molecule has 0 fully saturated rings. The highest BCUT2D eigenvalue weighted by Gasteiger charge is 2.55. The van der Waals surface area contributed by atoms with E-state index in [0.29, 0.717) is 18.8 Å². The lowest BCUT2D eigenvalue weighted by atomic mass is 9.61. The molecule has 13 heteroatoms. The van der Waals surface area contributed by atoms with Crippen LogP contribution < -0.4 is 19.9 Å². The fourth-order valence-corrected chi connectivity index (χ4v) is 6.59. The summed E-state index contributed by atoms with van der Waals surface area (Å²) >= 11 is 0. The van der Waals surface area contributed by atoms with Gasteiger partial charge in [-0.25, -0.2) is 0 Å². The average molecular weight is 608 g/mol. The second-order valence-corrected chi connectivity index (χ2v) is 11.5. The van der Waals surface area contributed by atoms with Crippen LogP contribution in [0.25, 0.3) is 0 Å². The second kappa shape index (κ2) is 11.7. The number of allylic oxidation sites excluding steroid dienone is 2. The average Bonchev–Trinajstić information content (AvgIpc) is 3.33. The topological polar surface area (TPSA) is 137 Å². The Labute approximate surface area is 246 Å². The van der Waals surface area contributed by atoms with Gasteiger partial charge in [-0.15, -0.1) is 13.2 Å². The lowest BCUT2D eigenvalue weighted by Gasteiger charge is -2.45. The number of halogens is 3. The number of hydrogen-bond donors (Lipinski definition) is 2. The lowest BCUT2D eigenvalue weighted by Crippen LogP contribution is -2.46. The van der Waals surface area contributed by atoms with Crippen molar-refractivity contribution in [1.82, 2.24) is 10.1 Å². The van der Waals surface area contributed by atoms with Gasteiger partial charge in [0.1, 0.15) is 17.1 Å². The van der Waals surface area contributed by atoms with Crippen LogP contribution in [0.15, 0.2) is 21.9 Å². The first-order chi connectivity index (χ1) is 20.4. The minimum Gasteiger partial charge on any atom is -0.511 e. The van der Waals surface area contributed by atoms with Crippen LogP contribution in [0, 0.1) is 17.8 Å². The van der Waals surface area contributed by atoms with Crippen molar-refractivity contribution in [2.75, 3.05) is 33.0 Å². The number of benzene rings is 1. The third-order valence-electron chi connectivity index (χ3n) is 8.41. The zero-order valence-corrected chi connectivity index (χ0v) is 24.5. The molecule has 0 saturated heterocycles. The van der Waals surface area contributed by atoms with E-state index in [0.717, 1.165) is 25.3 Å². The molecule has 10 nitrogen and oxygen atoms in total. The van der Waals surface area contributed by atoms with Crippen molar-refractivity contribution in [3.63, 3.8) is 0 Å². The maximum absolute atomic E-state index is 14.2. The Kier molecular flexibility index (Phi) is 8.39. The molecule has 1 aromatic heterocycles. The number of anilines is 1. The van der Waals surface area contributed by atoms with Crippen molar-refractivity contribution in [3.05, 3.63) is 39.8 Å². The monoisotopic (exact) mass is 607 g/mol. The van der Waals surface area contributed by atoms with E-state index in [4.69, 9.17) is 19.7 Å². The molecule has 43 heavy (non-hydrogen) atoms. The molecule has 4 atom stereocenters. The number of Topliss-reactive ketones (excluding diaryl/α,β-unsaturated/α-hetero) is 2. The van der Waals surface area contributed by atoms with E-state index in [1.807, 2.05) is 18.7 Å². The van der Waals surface area contributed by atoms with Crippen molar-refractivity contribution < 1.29 is 46.6 Å². The largest absolute Gasteiger partial charge is 0.573 e. The van der Waals surface area contributed by atoms with Gasteiger partial charge < -0.3 is 29.6 Å². The third-order valence-corrected chi connectivity index (χ3v) is 8.41. The summed E-state index contributed by atoms with van der Waals surface area (Å²) in [7, 11) is 3.58. The number of nitrogen functional groups attached to an aromatic ring is 1. The van der Waals surface area contributed by atoms with Gasteiger partial charge in [-0.1, -0.05) is 26.7 Å². The fraction of sp³-hybridized carbons (Fsp3) is 0.567. The Morgan fingerprint density at radius 1 is 1.12 bits per heavy atom. The molecule has 5 rings (SSSR count). The van der Waals surface area contributed by atoms with Crippen LogP contribution in [0.3, 0.4) is 0 Å². The molecule has 3 aliphatic rings. The lowest BCUT2D eigenvalue weighted by molar-refractivity contribution is -0.274. The summed E-state index contributed by atoms with van der Waals surface area (Å²) in [5.74, 6) is -4.33. The summed E-state index contributed by atoms with van der Waals surface area (Å²) in [6, 6.07) is 0.494. The molecule has 0 amide bonds. The number of nitrogens with two attached hydrogens (primary N) is 1. The number of ketones is 2. The smallest absolute Gasteiger partial charge is 0.511 e. The summed E-state index contributed by atoms with van der Waals surface area (Å²) in [6.07, 6.45) is -1.91. The van der Waals surface area contributed by atoms with E-state index in [9.17, 15) is 27.9 Å². The molecule has 1 heterocycles. The van der Waals surface area contributed by atoms with Crippen LogP contribution >= 0.6 is 0 Å². The number of aliphatic hydroxyl groups is 1. The number of fused-ring (bicyclic) bond motifs is 4. The number of alkyl halides is 3. The number of aliphatic hydroxyl groups excluding tert-OH is 1. The number of carbonyl (C=O) groups excluding carboxylic acids is 2. The number of rotatable bonds is 10. The van der Waals surface area contributed by atoms with E-state index in [1.165, 1.54) is 0 Å². The standard InChI is InChI=1S/C30H36F3N3O7/c1-5-7-9-40-27-17(34)13-18(42-30(31,32)33)15-11-14-12-16-20(24(37)19(14)25(38)21(15)27)26(39)22-28(23(16)36(3)4)43-35-29(22)41-10-8-6-2/h13-14,16,20,23,37H,5-12,34H2,1-4H3/t14-,16+,20?,23-/m0/s1. The Morgan fingerprint density at radius 3 is 2.42 bits per heavy atom. The van der Waals surface area contributed by atoms with Crippen LogP contribution in [-0.2, 0) is 6.42 Å². The molecule has 3 aliphatic carbocycles. The van der Waals surface area contributed by atoms with Crippen molar-refractivity contribution in [1.29, 1.82) is 0 Å². The van der Waals surface area contributed by atoms with Gasteiger partial charge in [-0.2, -0.15) is 0 Å². The Morgan fingerprint density at radius 2 is 1.79 bits per heavy atom. The summed E-state index contributed by atoms with van der Waals surface area (Å²) < 4.78 is 61.8. The molecular formula is C30H36F3N3O7. The van der Waals surface area contributed by atoms with E-state index in [-0.39, 0.29) is 59.0 Å². The molecule has 3 N–H and O–H groups in total. The molecule has 0 aliphatic heterocycles. The first kappa shape index (κ1) is 30.7. The number of hydrogen-bond acceptors (Lipinski definition) is 10. The van der Waals surface area contributed by atoms with Gasteiger partial charge in [-0.05, 0) is 56.8 Å². The van der Waals surface area contributed by atoms with E-state index < -0.39 is 53.2 Å². The van der Waals surface area contributed by atoms with Gasteiger partial charge in [0.15, 0.2) is 23.1 Å². The molecule has 234 valence electrons. The predicted octanol–water partition coefficient (Wildman–Crippen LogP) is 5.82. The molecular weight excluding hydrogens is 571 g/mol. The van der Waals surface area contributed by atoms with Crippen molar-refractivity contribution in [2.24, 2.45) is 17.8 Å². The number of unbranched alkanes of at least 4 members (excludes halogenated alkanes) is 2. The van der Waals surface area contributed by atoms with E-state index in [1.54, 1.807) is 14.1 Å². The fourth-order valence-electron chi connectivity index (χ4n) is 6.59. The minimum atomic E-state index is -5.03. The summed E-state index contributed by atoms with van der Waals surface area (Å²) in [6.45, 7) is 4.42. The SMILES string of the molecule is CCCCOc1noc2c1C(=O)C1C(O)=C3C(=O)c4c(c(OC(F)(F)F)cc(N)c4OCCCC)C[C@H]3C[C@H]1[C@@H]2N(C)C. The summed E-state index contributed by atoms with van der Waals surface area (Å²) in [5, 5.41) is 15.7. The Hall–Kier alpha value is -3.74. The van der Waals surface area contributed by atoms with Crippen molar-refractivity contribution in [3.8, 4) is 17.4 Å². The van der Waals surface area contributed by atoms with Crippen LogP contribution in [0.5, 0.6) is 17.4 Å². The number of aromatic nitrogens is 1. The Bertz CT molecular complexity index is 1450. The normalized spacial score (nSPS) is 23.1. The van der Waals surface area contributed by atoms with Crippen molar-refractivity contribution >= 4 is 17.3 Å². The number of ether oxygens (including phenoxy) is 3. The van der Waals surface area contributed by atoms with Gasteiger partial charge in [0, 0.05) is 17.2 Å². The van der Waals surface area contributed by atoms with Crippen LogP contribution in [0.4, 0.5) is 18.9 Å². The quantitative estimate of drug-likeness (QED) is 0.251. The molecule has 2 aromatic rings. The highest BCUT2D eigenvalue weighted by Crippen LogP contribution is 2.56. The third kappa shape index (κ3) is 5.43. The zero-order valence-electron chi connectivity index (χ0n) is 24.5.